The second-order valence-corrected chi connectivity index (χ2v) is 8.10. The maximum Gasteiger partial charge on any atom is 0.261 e. The summed E-state index contributed by atoms with van der Waals surface area (Å²) >= 11 is 1.53. The molecule has 7 heteroatoms. The molecule has 1 unspecified atom stereocenters. The number of carbonyl (C=O) groups excluding carboxylic acids is 2. The zero-order chi connectivity index (χ0) is 17.8. The van der Waals surface area contributed by atoms with Crippen LogP contribution in [0.2, 0.25) is 0 Å². The Hall–Kier alpha value is -1.44. The maximum atomic E-state index is 12.6. The lowest BCUT2D eigenvalue weighted by Gasteiger charge is -2.38. The van der Waals surface area contributed by atoms with Crippen molar-refractivity contribution in [2.75, 3.05) is 39.4 Å². The van der Waals surface area contributed by atoms with Gasteiger partial charge in [-0.1, -0.05) is 0 Å². The number of hydrogen-bond donors (Lipinski definition) is 1. The largest absolute Gasteiger partial charge is 0.378 e. The zero-order valence-corrected chi connectivity index (χ0v) is 15.8. The molecule has 3 heterocycles. The molecule has 2 aliphatic rings. The van der Waals surface area contributed by atoms with Gasteiger partial charge in [-0.25, -0.2) is 0 Å². The van der Waals surface area contributed by atoms with Crippen LogP contribution < -0.4 is 5.32 Å². The van der Waals surface area contributed by atoms with Gasteiger partial charge in [-0.3, -0.25) is 14.5 Å². The molecule has 3 rings (SSSR count). The van der Waals surface area contributed by atoms with E-state index in [-0.39, 0.29) is 23.9 Å². The number of nitrogens with zero attached hydrogens (tertiary/aromatic N) is 2. The van der Waals surface area contributed by atoms with Gasteiger partial charge in [0.1, 0.15) is 0 Å². The van der Waals surface area contributed by atoms with Crippen molar-refractivity contribution in [3.05, 3.63) is 21.9 Å². The van der Waals surface area contributed by atoms with E-state index in [0.717, 1.165) is 35.7 Å². The number of ether oxygens (including phenoxy) is 1. The van der Waals surface area contributed by atoms with Crippen LogP contribution in [0.15, 0.2) is 12.1 Å². The van der Waals surface area contributed by atoms with Crippen LogP contribution in [0.25, 0.3) is 0 Å². The highest BCUT2D eigenvalue weighted by Crippen LogP contribution is 2.18. The van der Waals surface area contributed by atoms with E-state index in [1.165, 1.54) is 11.3 Å². The molecule has 0 aliphatic carbocycles. The fraction of sp³-hybridized carbons (Fsp3) is 0.667. The van der Waals surface area contributed by atoms with E-state index in [9.17, 15) is 9.59 Å². The molecule has 0 spiro atoms. The lowest BCUT2D eigenvalue weighted by Crippen LogP contribution is -2.54. The molecule has 2 fully saturated rings. The third-order valence-electron chi connectivity index (χ3n) is 5.06. The first-order chi connectivity index (χ1) is 12.0. The Morgan fingerprint density at radius 2 is 1.88 bits per heavy atom. The summed E-state index contributed by atoms with van der Waals surface area (Å²) in [5, 5.41) is 3.13. The predicted molar refractivity (Wildman–Crippen MR) is 98.0 cm³/mol. The lowest BCUT2D eigenvalue weighted by molar-refractivity contribution is -0.141. The van der Waals surface area contributed by atoms with Crippen molar-refractivity contribution in [3.63, 3.8) is 0 Å². The van der Waals surface area contributed by atoms with Crippen LogP contribution in [0, 0.1) is 6.92 Å². The number of rotatable bonds is 4. The highest BCUT2D eigenvalue weighted by atomic mass is 32.1. The SMILES string of the molecule is Cc1ccc(C(=O)NC2CCN(C(C)C(=O)N3CCOCC3)CC2)s1. The van der Waals surface area contributed by atoms with Crippen LogP contribution >= 0.6 is 11.3 Å². The monoisotopic (exact) mass is 365 g/mol. The quantitative estimate of drug-likeness (QED) is 0.878. The molecule has 0 aromatic carbocycles. The molecular weight excluding hydrogens is 338 g/mol. The summed E-state index contributed by atoms with van der Waals surface area (Å²) < 4.78 is 5.32. The number of carbonyl (C=O) groups is 2. The Morgan fingerprint density at radius 1 is 1.20 bits per heavy atom. The Kier molecular flexibility index (Phi) is 6.09. The Bertz CT molecular complexity index is 604. The zero-order valence-electron chi connectivity index (χ0n) is 15.0. The molecule has 0 bridgehead atoms. The number of nitrogens with one attached hydrogen (secondary N) is 1. The third kappa shape index (κ3) is 4.59. The molecule has 1 N–H and O–H groups in total. The van der Waals surface area contributed by atoms with E-state index < -0.39 is 0 Å². The number of amides is 2. The number of thiophene rings is 1. The minimum atomic E-state index is -0.102. The van der Waals surface area contributed by atoms with Crippen molar-refractivity contribution in [1.29, 1.82) is 0 Å². The van der Waals surface area contributed by atoms with Crippen LogP contribution in [0.3, 0.4) is 0 Å². The molecule has 2 amide bonds. The van der Waals surface area contributed by atoms with Crippen LogP contribution in [-0.2, 0) is 9.53 Å². The van der Waals surface area contributed by atoms with Crippen molar-refractivity contribution in [2.45, 2.75) is 38.8 Å². The van der Waals surface area contributed by atoms with Gasteiger partial charge in [-0.15, -0.1) is 11.3 Å². The molecule has 0 saturated carbocycles. The van der Waals surface area contributed by atoms with Gasteiger partial charge in [0.15, 0.2) is 0 Å². The molecule has 1 atom stereocenters. The number of hydrogen-bond acceptors (Lipinski definition) is 5. The number of piperidine rings is 1. The van der Waals surface area contributed by atoms with Crippen molar-refractivity contribution in [3.8, 4) is 0 Å². The minimum Gasteiger partial charge on any atom is -0.378 e. The molecular formula is C18H27N3O3S. The third-order valence-corrected chi connectivity index (χ3v) is 6.06. The molecule has 1 aromatic heterocycles. The average molecular weight is 365 g/mol. The number of aryl methyl sites for hydroxylation is 1. The van der Waals surface area contributed by atoms with Gasteiger partial charge in [-0.2, -0.15) is 0 Å². The molecule has 0 radical (unpaired) electrons. The van der Waals surface area contributed by atoms with Crippen LogP contribution in [0.4, 0.5) is 0 Å². The summed E-state index contributed by atoms with van der Waals surface area (Å²) in [5.41, 5.74) is 0. The Balaban J connectivity index is 1.46. The standard InChI is InChI=1S/C18H27N3O3S/c1-13-3-4-16(25-13)17(22)19-15-5-7-20(8-6-15)14(2)18(23)21-9-11-24-12-10-21/h3-4,14-15H,5-12H2,1-2H3,(H,19,22). The first-order valence-electron chi connectivity index (χ1n) is 9.02. The molecule has 2 aliphatic heterocycles. The van der Waals surface area contributed by atoms with Crippen LogP contribution in [0.5, 0.6) is 0 Å². The van der Waals surface area contributed by atoms with Gasteiger partial charge in [-0.05, 0) is 38.8 Å². The van der Waals surface area contributed by atoms with Gasteiger partial charge in [0.25, 0.3) is 5.91 Å². The van der Waals surface area contributed by atoms with Crippen LogP contribution in [-0.4, -0.2) is 73.1 Å². The summed E-state index contributed by atoms with van der Waals surface area (Å²) in [7, 11) is 0. The van der Waals surface area contributed by atoms with Gasteiger partial charge in [0, 0.05) is 37.1 Å². The first-order valence-corrected chi connectivity index (χ1v) is 9.84. The minimum absolute atomic E-state index is 0.0222. The number of likely N-dealkylation sites (tertiary alicyclic amines) is 1. The molecule has 25 heavy (non-hydrogen) atoms. The van der Waals surface area contributed by atoms with E-state index >= 15 is 0 Å². The fourth-order valence-corrected chi connectivity index (χ4v) is 4.22. The van der Waals surface area contributed by atoms with Gasteiger partial charge < -0.3 is 15.0 Å². The summed E-state index contributed by atoms with van der Waals surface area (Å²) in [6, 6.07) is 3.95. The smallest absolute Gasteiger partial charge is 0.261 e. The van der Waals surface area contributed by atoms with E-state index in [0.29, 0.717) is 26.3 Å². The van der Waals surface area contributed by atoms with E-state index in [1.807, 2.05) is 30.9 Å². The fourth-order valence-electron chi connectivity index (χ4n) is 3.45. The van der Waals surface area contributed by atoms with E-state index in [1.54, 1.807) is 0 Å². The molecule has 2 saturated heterocycles. The average Bonchev–Trinajstić information content (AvgIpc) is 3.08. The summed E-state index contributed by atoms with van der Waals surface area (Å²) in [5.74, 6) is 0.217. The van der Waals surface area contributed by atoms with Gasteiger partial charge >= 0.3 is 0 Å². The van der Waals surface area contributed by atoms with Crippen molar-refractivity contribution in [2.24, 2.45) is 0 Å². The molecule has 6 nitrogen and oxygen atoms in total. The van der Waals surface area contributed by atoms with Crippen LogP contribution in [0.1, 0.15) is 34.3 Å². The second kappa shape index (κ2) is 8.29. The molecule has 138 valence electrons. The summed E-state index contributed by atoms with van der Waals surface area (Å²) in [6.07, 6.45) is 1.77. The Labute approximate surface area is 153 Å². The summed E-state index contributed by atoms with van der Waals surface area (Å²) in [4.78, 5) is 30.9. The van der Waals surface area contributed by atoms with Crippen molar-refractivity contribution >= 4 is 23.2 Å². The first kappa shape index (κ1) is 18.4. The topological polar surface area (TPSA) is 61.9 Å². The summed E-state index contributed by atoms with van der Waals surface area (Å²) in [6.45, 7) is 8.32. The number of morpholine rings is 1. The van der Waals surface area contributed by atoms with Crippen molar-refractivity contribution in [1.82, 2.24) is 15.1 Å². The van der Waals surface area contributed by atoms with E-state index in [2.05, 4.69) is 10.2 Å². The van der Waals surface area contributed by atoms with Gasteiger partial charge in [0.2, 0.25) is 5.91 Å². The Morgan fingerprint density at radius 3 is 2.48 bits per heavy atom. The second-order valence-electron chi connectivity index (χ2n) is 6.81. The normalized spacial score (nSPS) is 21.1. The van der Waals surface area contributed by atoms with Gasteiger partial charge in [0.05, 0.1) is 24.1 Å². The highest BCUT2D eigenvalue weighted by Gasteiger charge is 2.30. The van der Waals surface area contributed by atoms with Crippen molar-refractivity contribution < 1.29 is 14.3 Å². The maximum absolute atomic E-state index is 12.6. The highest BCUT2D eigenvalue weighted by molar-refractivity contribution is 7.13. The predicted octanol–water partition coefficient (Wildman–Crippen LogP) is 1.50. The molecule has 1 aromatic rings. The van der Waals surface area contributed by atoms with E-state index in [4.69, 9.17) is 4.74 Å². The lowest BCUT2D eigenvalue weighted by atomic mass is 10.0.